The first-order valence-electron chi connectivity index (χ1n) is 7.21. The van der Waals surface area contributed by atoms with Gasteiger partial charge in [0.1, 0.15) is 0 Å². The van der Waals surface area contributed by atoms with E-state index < -0.39 is 10.0 Å². The Morgan fingerprint density at radius 2 is 1.95 bits per heavy atom. The molecule has 5 heteroatoms. The third kappa shape index (κ3) is 2.87. The van der Waals surface area contributed by atoms with E-state index in [9.17, 15) is 8.42 Å². The molecule has 3 rings (SSSR count). The van der Waals surface area contributed by atoms with Crippen LogP contribution in [0.2, 0.25) is 0 Å². The first kappa shape index (κ1) is 13.6. The summed E-state index contributed by atoms with van der Waals surface area (Å²) in [6.07, 6.45) is 5.75. The van der Waals surface area contributed by atoms with Gasteiger partial charge in [-0.1, -0.05) is 24.1 Å². The van der Waals surface area contributed by atoms with Crippen LogP contribution in [0.1, 0.15) is 37.7 Å². The summed E-state index contributed by atoms with van der Waals surface area (Å²) in [6.45, 7) is 1.93. The van der Waals surface area contributed by atoms with Crippen molar-refractivity contribution in [3.05, 3.63) is 29.8 Å². The van der Waals surface area contributed by atoms with E-state index in [2.05, 4.69) is 9.93 Å². The molecule has 2 fully saturated rings. The summed E-state index contributed by atoms with van der Waals surface area (Å²) in [4.78, 5) is 2.68. The van der Waals surface area contributed by atoms with Crippen LogP contribution in [-0.2, 0) is 10.0 Å². The van der Waals surface area contributed by atoms with E-state index >= 15 is 0 Å². The Kier molecular flexibility index (Phi) is 3.54. The molecule has 20 heavy (non-hydrogen) atoms. The van der Waals surface area contributed by atoms with Gasteiger partial charge in [0, 0.05) is 11.6 Å². The molecule has 0 amide bonds. The van der Waals surface area contributed by atoms with E-state index in [4.69, 9.17) is 0 Å². The van der Waals surface area contributed by atoms with Gasteiger partial charge >= 0.3 is 0 Å². The van der Waals surface area contributed by atoms with Gasteiger partial charge in [0.25, 0.3) is 10.0 Å². The molecule has 2 aliphatic carbocycles. The number of rotatable bonds is 3. The van der Waals surface area contributed by atoms with Crippen molar-refractivity contribution in [2.75, 3.05) is 0 Å². The molecule has 2 saturated carbocycles. The van der Waals surface area contributed by atoms with Gasteiger partial charge in [-0.3, -0.25) is 0 Å². The third-order valence-corrected chi connectivity index (χ3v) is 5.47. The second kappa shape index (κ2) is 5.20. The Morgan fingerprint density at radius 1 is 1.20 bits per heavy atom. The molecular formula is C15H20N2O2S. The van der Waals surface area contributed by atoms with Gasteiger partial charge in [-0.2, -0.15) is 13.5 Å². The average Bonchev–Trinajstić information content (AvgIpc) is 3.17. The molecule has 0 heterocycles. The van der Waals surface area contributed by atoms with E-state index in [1.807, 2.05) is 6.92 Å². The van der Waals surface area contributed by atoms with Crippen LogP contribution in [0.5, 0.6) is 0 Å². The maximum Gasteiger partial charge on any atom is 0.276 e. The van der Waals surface area contributed by atoms with Gasteiger partial charge in [0.15, 0.2) is 0 Å². The monoisotopic (exact) mass is 292 g/mol. The molecule has 2 atom stereocenters. The molecule has 0 radical (unpaired) electrons. The van der Waals surface area contributed by atoms with Crippen LogP contribution in [0.3, 0.4) is 0 Å². The smallest absolute Gasteiger partial charge is 0.200 e. The van der Waals surface area contributed by atoms with Gasteiger partial charge in [-0.25, -0.2) is 4.83 Å². The van der Waals surface area contributed by atoms with Crippen LogP contribution in [0.25, 0.3) is 0 Å². The minimum absolute atomic E-state index is 0.272. The summed E-state index contributed by atoms with van der Waals surface area (Å²) < 4.78 is 24.3. The van der Waals surface area contributed by atoms with Crippen molar-refractivity contribution in [1.82, 2.24) is 4.83 Å². The lowest BCUT2D eigenvalue weighted by Gasteiger charge is -2.07. The number of aryl methyl sites for hydroxylation is 1. The van der Waals surface area contributed by atoms with Crippen molar-refractivity contribution in [1.29, 1.82) is 0 Å². The molecule has 108 valence electrons. The van der Waals surface area contributed by atoms with Crippen molar-refractivity contribution < 1.29 is 8.42 Å². The average molecular weight is 292 g/mol. The molecular weight excluding hydrogens is 272 g/mol. The van der Waals surface area contributed by atoms with Crippen molar-refractivity contribution in [2.45, 2.75) is 43.9 Å². The normalized spacial score (nSPS) is 27.8. The Balaban J connectivity index is 1.75. The highest BCUT2D eigenvalue weighted by Crippen LogP contribution is 2.46. The van der Waals surface area contributed by atoms with E-state index in [1.54, 1.807) is 24.3 Å². The molecule has 0 aromatic heterocycles. The van der Waals surface area contributed by atoms with Crippen LogP contribution in [0.15, 0.2) is 34.3 Å². The molecule has 0 saturated heterocycles. The minimum Gasteiger partial charge on any atom is -0.200 e. The maximum atomic E-state index is 12.2. The lowest BCUT2D eigenvalue weighted by atomic mass is 10.1. The molecule has 0 spiro atoms. The van der Waals surface area contributed by atoms with Gasteiger partial charge < -0.3 is 0 Å². The Hall–Kier alpha value is -1.36. The molecule has 4 nitrogen and oxygen atoms in total. The molecule has 2 aliphatic rings. The quantitative estimate of drug-likeness (QED) is 0.871. The Labute approximate surface area is 120 Å². The number of nitrogens with one attached hydrogen (secondary N) is 1. The van der Waals surface area contributed by atoms with Crippen LogP contribution in [-0.4, -0.2) is 14.1 Å². The van der Waals surface area contributed by atoms with Crippen LogP contribution < -0.4 is 4.83 Å². The summed E-state index contributed by atoms with van der Waals surface area (Å²) in [5.41, 5.74) is 2.09. The predicted octanol–water partition coefficient (Wildman–Crippen LogP) is 2.84. The van der Waals surface area contributed by atoms with Crippen molar-refractivity contribution in [2.24, 2.45) is 16.9 Å². The van der Waals surface area contributed by atoms with Crippen molar-refractivity contribution in [3.8, 4) is 0 Å². The highest BCUT2D eigenvalue weighted by Gasteiger charge is 2.41. The van der Waals surface area contributed by atoms with Crippen molar-refractivity contribution >= 4 is 15.7 Å². The topological polar surface area (TPSA) is 58.5 Å². The van der Waals surface area contributed by atoms with E-state index in [0.29, 0.717) is 5.92 Å². The Bertz CT molecular complexity index is 620. The molecule has 1 aromatic rings. The van der Waals surface area contributed by atoms with Crippen LogP contribution in [0.4, 0.5) is 0 Å². The SMILES string of the molecule is Cc1ccc(S(=O)(=O)NN=C2CCCCC3CC23)cc1. The van der Waals surface area contributed by atoms with Crippen LogP contribution in [0, 0.1) is 18.8 Å². The van der Waals surface area contributed by atoms with E-state index in [1.165, 1.54) is 19.3 Å². The largest absolute Gasteiger partial charge is 0.276 e. The first-order chi connectivity index (χ1) is 9.56. The van der Waals surface area contributed by atoms with Crippen molar-refractivity contribution in [3.63, 3.8) is 0 Å². The number of sulfonamides is 1. The highest BCUT2D eigenvalue weighted by molar-refractivity contribution is 7.89. The fraction of sp³-hybridized carbons (Fsp3) is 0.533. The lowest BCUT2D eigenvalue weighted by molar-refractivity contribution is 0.584. The zero-order valence-electron chi connectivity index (χ0n) is 11.7. The summed E-state index contributed by atoms with van der Waals surface area (Å²) in [5, 5.41) is 4.22. The van der Waals surface area contributed by atoms with Gasteiger partial charge in [-0.05, 0) is 50.7 Å². The highest BCUT2D eigenvalue weighted by atomic mass is 32.2. The second-order valence-corrected chi connectivity index (χ2v) is 7.52. The molecule has 2 unspecified atom stereocenters. The fourth-order valence-electron chi connectivity index (χ4n) is 2.90. The van der Waals surface area contributed by atoms with Crippen LogP contribution >= 0.6 is 0 Å². The van der Waals surface area contributed by atoms with Gasteiger partial charge in [0.05, 0.1) is 4.90 Å². The number of hydrazone groups is 1. The minimum atomic E-state index is -3.53. The Morgan fingerprint density at radius 3 is 2.70 bits per heavy atom. The van der Waals surface area contributed by atoms with Gasteiger partial charge in [-0.15, -0.1) is 0 Å². The van der Waals surface area contributed by atoms with E-state index in [-0.39, 0.29) is 4.90 Å². The summed E-state index contributed by atoms with van der Waals surface area (Å²) in [7, 11) is -3.53. The molecule has 1 N–H and O–H groups in total. The first-order valence-corrected chi connectivity index (χ1v) is 8.69. The summed E-state index contributed by atoms with van der Waals surface area (Å²) in [6, 6.07) is 6.82. The van der Waals surface area contributed by atoms with Gasteiger partial charge in [0.2, 0.25) is 0 Å². The number of hydrogen-bond donors (Lipinski definition) is 1. The number of hydrogen-bond acceptors (Lipinski definition) is 3. The fourth-order valence-corrected chi connectivity index (χ4v) is 3.74. The third-order valence-electron chi connectivity index (χ3n) is 4.25. The van der Waals surface area contributed by atoms with E-state index in [0.717, 1.165) is 30.0 Å². The molecule has 0 bridgehead atoms. The molecule has 0 aliphatic heterocycles. The summed E-state index contributed by atoms with van der Waals surface area (Å²) >= 11 is 0. The molecule has 1 aromatic carbocycles. The predicted molar refractivity (Wildman–Crippen MR) is 79.0 cm³/mol. The lowest BCUT2D eigenvalue weighted by Crippen LogP contribution is -2.21. The zero-order valence-corrected chi connectivity index (χ0v) is 12.5. The number of benzene rings is 1. The summed E-state index contributed by atoms with van der Waals surface area (Å²) in [5.74, 6) is 1.28. The second-order valence-electron chi connectivity index (χ2n) is 5.86. The zero-order chi connectivity index (χ0) is 14.2. The standard InChI is InChI=1S/C15H20N2O2S/c1-11-6-8-13(9-7-11)20(18,19)17-16-15-5-3-2-4-12-10-14(12)15/h6-9,12,14,17H,2-5,10H2,1H3. The maximum absolute atomic E-state index is 12.2. The number of nitrogens with zero attached hydrogens (tertiary/aromatic N) is 1. The number of fused-ring (bicyclic) bond motifs is 1.